The number of hydrogen-bond acceptors (Lipinski definition) is 5. The van der Waals surface area contributed by atoms with Crippen molar-refractivity contribution >= 4 is 35.3 Å². The molecule has 0 aliphatic rings. The number of nitrogens with one attached hydrogen (secondary N) is 2. The van der Waals surface area contributed by atoms with Crippen molar-refractivity contribution in [2.45, 2.75) is 19.4 Å². The Kier molecular flexibility index (Phi) is 8.72. The highest BCUT2D eigenvalue weighted by atomic mass is 35.5. The zero-order valence-corrected chi connectivity index (χ0v) is 18.7. The summed E-state index contributed by atoms with van der Waals surface area (Å²) >= 11 is 6.07. The van der Waals surface area contributed by atoms with Gasteiger partial charge in [-0.25, -0.2) is 9.82 Å². The van der Waals surface area contributed by atoms with E-state index in [0.717, 1.165) is 5.56 Å². The van der Waals surface area contributed by atoms with Gasteiger partial charge in [0.05, 0.1) is 17.8 Å². The van der Waals surface area contributed by atoms with E-state index in [0.29, 0.717) is 27.6 Å². The fraction of sp³-hybridized carbons (Fsp3) is 0.120. The number of hydrogen-bond donors (Lipinski definition) is 2. The summed E-state index contributed by atoms with van der Waals surface area (Å²) in [7, 11) is 0. The molecule has 34 heavy (non-hydrogen) atoms. The molecule has 0 aromatic heterocycles. The van der Waals surface area contributed by atoms with Crippen LogP contribution in [0.15, 0.2) is 71.8 Å². The van der Waals surface area contributed by atoms with Crippen molar-refractivity contribution in [3.8, 4) is 11.8 Å². The van der Waals surface area contributed by atoms with Crippen LogP contribution in [-0.4, -0.2) is 18.0 Å². The van der Waals surface area contributed by atoms with Gasteiger partial charge < -0.3 is 10.1 Å². The van der Waals surface area contributed by atoms with Crippen LogP contribution >= 0.6 is 11.6 Å². The minimum Gasteiger partial charge on any atom is -0.488 e. The Labute approximate surface area is 200 Å². The van der Waals surface area contributed by atoms with E-state index in [4.69, 9.17) is 21.6 Å². The van der Waals surface area contributed by atoms with Crippen LogP contribution < -0.4 is 15.5 Å². The average molecular weight is 479 g/mol. The van der Waals surface area contributed by atoms with Crippen molar-refractivity contribution in [3.63, 3.8) is 0 Å². The molecular formula is C25H20ClFN4O3. The minimum atomic E-state index is -0.451. The van der Waals surface area contributed by atoms with Crippen molar-refractivity contribution in [1.29, 1.82) is 5.26 Å². The van der Waals surface area contributed by atoms with E-state index in [-0.39, 0.29) is 25.4 Å². The number of nitriles is 1. The predicted molar refractivity (Wildman–Crippen MR) is 127 cm³/mol. The van der Waals surface area contributed by atoms with Crippen molar-refractivity contribution in [2.24, 2.45) is 5.10 Å². The first-order valence-electron chi connectivity index (χ1n) is 10.2. The summed E-state index contributed by atoms with van der Waals surface area (Å²) in [6.45, 7) is 0.268. The zero-order valence-electron chi connectivity index (χ0n) is 17.9. The maximum atomic E-state index is 12.9. The average Bonchev–Trinajstić information content (AvgIpc) is 2.84. The molecule has 0 aliphatic heterocycles. The monoisotopic (exact) mass is 478 g/mol. The Balaban J connectivity index is 1.50. The zero-order chi connectivity index (χ0) is 24.3. The number of hydrazone groups is 1. The van der Waals surface area contributed by atoms with Gasteiger partial charge in [-0.3, -0.25) is 9.59 Å². The van der Waals surface area contributed by atoms with Crippen LogP contribution in [0, 0.1) is 17.1 Å². The summed E-state index contributed by atoms with van der Waals surface area (Å²) in [5.74, 6) is -0.727. The number of carbonyl (C=O) groups excluding carboxylic acids is 2. The minimum absolute atomic E-state index is 0.0607. The molecule has 0 radical (unpaired) electrons. The molecule has 3 aromatic carbocycles. The molecule has 7 nitrogen and oxygen atoms in total. The third kappa shape index (κ3) is 7.73. The van der Waals surface area contributed by atoms with Crippen LogP contribution in [0.2, 0.25) is 5.02 Å². The smallest absolute Gasteiger partial charge is 0.240 e. The molecule has 0 saturated heterocycles. The van der Waals surface area contributed by atoms with Gasteiger partial charge in [0, 0.05) is 29.1 Å². The number of amides is 2. The SMILES string of the molecule is N#Cc1ccc(COc2ccc(Cl)cc2C=NNC(=O)CCC(=O)Nc2ccc(F)cc2)cc1. The molecule has 0 heterocycles. The quantitative estimate of drug-likeness (QED) is 0.340. The van der Waals surface area contributed by atoms with Gasteiger partial charge >= 0.3 is 0 Å². The van der Waals surface area contributed by atoms with Crippen LogP contribution in [0.5, 0.6) is 5.75 Å². The maximum absolute atomic E-state index is 12.9. The second kappa shape index (κ2) is 12.1. The Morgan fingerprint density at radius 2 is 1.74 bits per heavy atom. The van der Waals surface area contributed by atoms with Gasteiger partial charge in [0.25, 0.3) is 0 Å². The van der Waals surface area contributed by atoms with Crippen molar-refractivity contribution in [2.75, 3.05) is 5.32 Å². The molecule has 9 heteroatoms. The molecule has 0 saturated carbocycles. The van der Waals surface area contributed by atoms with E-state index in [1.807, 2.05) is 0 Å². The topological polar surface area (TPSA) is 104 Å². The molecule has 3 aromatic rings. The molecule has 0 atom stereocenters. The van der Waals surface area contributed by atoms with E-state index >= 15 is 0 Å². The lowest BCUT2D eigenvalue weighted by Crippen LogP contribution is -2.20. The second-order valence-corrected chi connectivity index (χ2v) is 7.56. The summed E-state index contributed by atoms with van der Waals surface area (Å²) in [4.78, 5) is 23.9. The maximum Gasteiger partial charge on any atom is 0.240 e. The lowest BCUT2D eigenvalue weighted by Gasteiger charge is -2.10. The van der Waals surface area contributed by atoms with Crippen molar-refractivity contribution in [1.82, 2.24) is 5.43 Å². The van der Waals surface area contributed by atoms with Crippen LogP contribution in [0.3, 0.4) is 0 Å². The van der Waals surface area contributed by atoms with Gasteiger partial charge in [0.15, 0.2) is 0 Å². The highest BCUT2D eigenvalue weighted by Crippen LogP contribution is 2.22. The molecule has 172 valence electrons. The Morgan fingerprint density at radius 3 is 2.44 bits per heavy atom. The van der Waals surface area contributed by atoms with E-state index in [1.165, 1.54) is 30.5 Å². The van der Waals surface area contributed by atoms with Crippen LogP contribution in [0.25, 0.3) is 0 Å². The van der Waals surface area contributed by atoms with Gasteiger partial charge in [0.2, 0.25) is 11.8 Å². The molecule has 0 unspecified atom stereocenters. The normalized spacial score (nSPS) is 10.5. The Bertz CT molecular complexity index is 1220. The first-order valence-corrected chi connectivity index (χ1v) is 10.6. The summed E-state index contributed by atoms with van der Waals surface area (Å²) in [6, 6.07) is 19.4. The summed E-state index contributed by atoms with van der Waals surface area (Å²) in [6.07, 6.45) is 1.26. The molecule has 2 N–H and O–H groups in total. The third-order valence-electron chi connectivity index (χ3n) is 4.55. The number of anilines is 1. The summed E-state index contributed by atoms with van der Waals surface area (Å²) < 4.78 is 18.7. The number of benzene rings is 3. The fourth-order valence-electron chi connectivity index (χ4n) is 2.80. The molecule has 0 spiro atoms. The first-order chi connectivity index (χ1) is 16.4. The molecule has 0 aliphatic carbocycles. The highest BCUT2D eigenvalue weighted by molar-refractivity contribution is 6.30. The molecule has 2 amide bonds. The predicted octanol–water partition coefficient (Wildman–Crippen LogP) is 4.80. The lowest BCUT2D eigenvalue weighted by molar-refractivity contribution is -0.124. The van der Waals surface area contributed by atoms with Gasteiger partial charge in [-0.05, 0) is 60.2 Å². The van der Waals surface area contributed by atoms with Crippen molar-refractivity contribution < 1.29 is 18.7 Å². The van der Waals surface area contributed by atoms with Gasteiger partial charge in [0.1, 0.15) is 18.2 Å². The molecule has 0 fully saturated rings. The van der Waals surface area contributed by atoms with E-state index < -0.39 is 11.7 Å². The molecular weight excluding hydrogens is 459 g/mol. The Hall–Kier alpha value is -4.22. The van der Waals surface area contributed by atoms with Crippen LogP contribution in [0.1, 0.15) is 29.5 Å². The highest BCUT2D eigenvalue weighted by Gasteiger charge is 2.08. The molecule has 0 bridgehead atoms. The third-order valence-corrected chi connectivity index (χ3v) is 4.78. The number of halogens is 2. The standard InChI is InChI=1S/C25H20ClFN4O3/c26-20-5-10-23(34-16-18-3-1-17(14-28)2-4-18)19(13-20)15-29-31-25(33)12-11-24(32)30-22-8-6-21(27)7-9-22/h1-10,13,15H,11-12,16H2,(H,30,32)(H,31,33). The van der Waals surface area contributed by atoms with Gasteiger partial charge in [-0.15, -0.1) is 0 Å². The summed E-state index contributed by atoms with van der Waals surface area (Å²) in [5.41, 5.74) is 4.80. The fourth-order valence-corrected chi connectivity index (χ4v) is 2.98. The molecule has 3 rings (SSSR count). The van der Waals surface area contributed by atoms with Gasteiger partial charge in [-0.2, -0.15) is 10.4 Å². The Morgan fingerprint density at radius 1 is 1.03 bits per heavy atom. The van der Waals surface area contributed by atoms with E-state index in [2.05, 4.69) is 21.9 Å². The number of carbonyl (C=O) groups is 2. The van der Waals surface area contributed by atoms with Crippen LogP contribution in [0.4, 0.5) is 10.1 Å². The first kappa shape index (κ1) is 24.4. The van der Waals surface area contributed by atoms with E-state index in [1.54, 1.807) is 42.5 Å². The van der Waals surface area contributed by atoms with E-state index in [9.17, 15) is 14.0 Å². The summed E-state index contributed by atoms with van der Waals surface area (Å²) in [5, 5.41) is 15.9. The number of rotatable bonds is 9. The van der Waals surface area contributed by atoms with Crippen LogP contribution in [-0.2, 0) is 16.2 Å². The number of ether oxygens (including phenoxy) is 1. The number of nitrogens with zero attached hydrogens (tertiary/aromatic N) is 2. The largest absolute Gasteiger partial charge is 0.488 e. The second-order valence-electron chi connectivity index (χ2n) is 7.13. The van der Waals surface area contributed by atoms with Gasteiger partial charge in [-0.1, -0.05) is 23.7 Å². The van der Waals surface area contributed by atoms with Crippen molar-refractivity contribution in [3.05, 3.63) is 94.3 Å². The lowest BCUT2D eigenvalue weighted by atomic mass is 10.1.